The van der Waals surface area contributed by atoms with Gasteiger partial charge in [0.25, 0.3) is 0 Å². The van der Waals surface area contributed by atoms with Crippen molar-refractivity contribution in [2.24, 2.45) is 0 Å². The lowest BCUT2D eigenvalue weighted by Gasteiger charge is -2.33. The first-order chi connectivity index (χ1) is 15.3. The highest BCUT2D eigenvalue weighted by Crippen LogP contribution is 2.66. The summed E-state index contributed by atoms with van der Waals surface area (Å²) >= 11 is 0. The van der Waals surface area contributed by atoms with Gasteiger partial charge in [-0.15, -0.1) is 0 Å². The number of benzene rings is 5. The van der Waals surface area contributed by atoms with Crippen LogP contribution < -0.4 is 15.9 Å². The molecule has 31 heavy (non-hydrogen) atoms. The summed E-state index contributed by atoms with van der Waals surface area (Å²) in [5.74, 6) is 0. The summed E-state index contributed by atoms with van der Waals surface area (Å²) < 4.78 is 0. The Morgan fingerprint density at radius 2 is 0.871 bits per heavy atom. The van der Waals surface area contributed by atoms with Gasteiger partial charge in [0.05, 0.1) is 0 Å². The highest BCUT2D eigenvalue weighted by molar-refractivity contribution is 7.95. The molecule has 1 atom stereocenters. The van der Waals surface area contributed by atoms with E-state index in [9.17, 15) is 0 Å². The van der Waals surface area contributed by atoms with Crippen molar-refractivity contribution in [2.75, 3.05) is 0 Å². The molecule has 1 heteroatoms. The van der Waals surface area contributed by atoms with Gasteiger partial charge in [-0.05, 0) is 65.7 Å². The quantitative estimate of drug-likeness (QED) is 0.273. The number of hydrogen-bond donors (Lipinski definition) is 0. The zero-order chi connectivity index (χ0) is 21.1. The van der Waals surface area contributed by atoms with E-state index in [1.165, 1.54) is 32.2 Å². The molecule has 0 aliphatic carbocycles. The molecule has 5 rings (SSSR count). The molecule has 0 fully saturated rings. The first-order valence-electron chi connectivity index (χ1n) is 10.8. The van der Waals surface area contributed by atoms with E-state index in [1.807, 2.05) is 0 Å². The average Bonchev–Trinajstić information content (AvgIpc) is 2.86. The summed E-state index contributed by atoms with van der Waals surface area (Å²) in [6.07, 6.45) is 0. The van der Waals surface area contributed by atoms with Crippen molar-refractivity contribution in [3.05, 3.63) is 139 Å². The van der Waals surface area contributed by atoms with Crippen LogP contribution in [0.15, 0.2) is 133 Å². The van der Waals surface area contributed by atoms with Crippen LogP contribution in [0.25, 0.3) is 10.8 Å². The molecule has 0 nitrogen and oxygen atoms in total. The molecule has 0 bridgehead atoms. The average molecular weight is 418 g/mol. The smallest absolute Gasteiger partial charge is 0.0620 e. The minimum absolute atomic E-state index is 0.337. The molecule has 0 radical (unpaired) electrons. The normalized spacial score (nSPS) is 12.5. The number of fused-ring (bicyclic) bond motifs is 1. The van der Waals surface area contributed by atoms with Gasteiger partial charge in [0.15, 0.2) is 0 Å². The zero-order valence-electron chi connectivity index (χ0n) is 17.7. The van der Waals surface area contributed by atoms with E-state index in [-0.39, 0.29) is 0 Å². The van der Waals surface area contributed by atoms with E-state index in [1.54, 1.807) is 0 Å². The molecule has 0 aliphatic heterocycles. The van der Waals surface area contributed by atoms with Gasteiger partial charge in [0.2, 0.25) is 0 Å². The lowest BCUT2D eigenvalue weighted by Crippen LogP contribution is -2.34. The maximum Gasteiger partial charge on any atom is 0.119 e. The topological polar surface area (TPSA) is 0 Å². The van der Waals surface area contributed by atoms with Gasteiger partial charge in [0, 0.05) is 0 Å². The van der Waals surface area contributed by atoms with Crippen molar-refractivity contribution in [1.82, 2.24) is 0 Å². The number of hydrogen-bond acceptors (Lipinski definition) is 0. The first-order valence-corrected chi connectivity index (χ1v) is 12.7. The van der Waals surface area contributed by atoms with Gasteiger partial charge < -0.3 is 0 Å². The van der Waals surface area contributed by atoms with Crippen LogP contribution in [0, 0.1) is 0 Å². The van der Waals surface area contributed by atoms with Gasteiger partial charge in [-0.3, -0.25) is 0 Å². The van der Waals surface area contributed by atoms with Crippen molar-refractivity contribution >= 4 is 33.9 Å². The summed E-state index contributed by atoms with van der Waals surface area (Å²) in [5.41, 5.74) is 1.73. The predicted molar refractivity (Wildman–Crippen MR) is 138 cm³/mol. The second kappa shape index (κ2) is 8.50. The van der Waals surface area contributed by atoms with Crippen molar-refractivity contribution in [2.45, 2.75) is 12.6 Å². The Morgan fingerprint density at radius 1 is 0.452 bits per heavy atom. The summed E-state index contributed by atoms with van der Waals surface area (Å²) in [6.45, 7) is 2.42. The minimum Gasteiger partial charge on any atom is -0.0620 e. The van der Waals surface area contributed by atoms with Crippen molar-refractivity contribution < 1.29 is 0 Å². The SMILES string of the molecule is CC(c1ccc2ccccc2c1)[P+](c1ccccc1)(c1ccccc1)c1ccccc1. The molecule has 0 aromatic heterocycles. The largest absolute Gasteiger partial charge is 0.119 e. The van der Waals surface area contributed by atoms with Gasteiger partial charge >= 0.3 is 0 Å². The Balaban J connectivity index is 1.82. The molecule has 0 saturated carbocycles. The standard InChI is InChI=1S/C30H26P/c1-24(26-22-21-25-13-11-12-14-27(25)23-26)31(28-15-5-2-6-16-28,29-17-7-3-8-18-29)30-19-9-4-10-20-30/h2-24H,1H3/q+1. The second-order valence-electron chi connectivity index (χ2n) is 8.01. The van der Waals surface area contributed by atoms with E-state index in [0.29, 0.717) is 5.66 Å². The third-order valence-electron chi connectivity index (χ3n) is 6.33. The van der Waals surface area contributed by atoms with E-state index >= 15 is 0 Å². The highest BCUT2D eigenvalue weighted by Gasteiger charge is 2.50. The summed E-state index contributed by atoms with van der Waals surface area (Å²) in [4.78, 5) is 0. The molecule has 0 saturated heterocycles. The van der Waals surface area contributed by atoms with Crippen molar-refractivity contribution in [3.8, 4) is 0 Å². The van der Waals surface area contributed by atoms with E-state index in [0.717, 1.165) is 0 Å². The molecular formula is C30H26P+. The van der Waals surface area contributed by atoms with Crippen LogP contribution in [0.4, 0.5) is 0 Å². The van der Waals surface area contributed by atoms with Gasteiger partial charge in [-0.2, -0.15) is 0 Å². The van der Waals surface area contributed by atoms with Crippen molar-refractivity contribution in [3.63, 3.8) is 0 Å². The van der Waals surface area contributed by atoms with Crippen LogP contribution in [-0.2, 0) is 0 Å². The van der Waals surface area contributed by atoms with Crippen molar-refractivity contribution in [1.29, 1.82) is 0 Å². The minimum atomic E-state index is -1.94. The monoisotopic (exact) mass is 417 g/mol. The fourth-order valence-electron chi connectivity index (χ4n) is 4.80. The Labute approximate surface area is 185 Å². The van der Waals surface area contributed by atoms with E-state index < -0.39 is 7.26 Å². The predicted octanol–water partition coefficient (Wildman–Crippen LogP) is 6.89. The molecule has 5 aromatic rings. The Kier molecular flexibility index (Phi) is 5.41. The van der Waals surface area contributed by atoms with Crippen LogP contribution in [0.3, 0.4) is 0 Å². The lowest BCUT2D eigenvalue weighted by molar-refractivity contribution is 1.08. The molecule has 1 unspecified atom stereocenters. The maximum absolute atomic E-state index is 2.42. The molecule has 0 spiro atoms. The van der Waals surface area contributed by atoms with Gasteiger partial charge in [-0.1, -0.05) is 91.0 Å². The fraction of sp³-hybridized carbons (Fsp3) is 0.0667. The Bertz CT molecular complexity index is 1180. The summed E-state index contributed by atoms with van der Waals surface area (Å²) in [6, 6.07) is 49.1. The molecule has 0 aliphatic rings. The van der Waals surface area contributed by atoms with E-state index in [2.05, 4.69) is 140 Å². The third kappa shape index (κ3) is 3.48. The molecule has 150 valence electrons. The van der Waals surface area contributed by atoms with Crippen LogP contribution >= 0.6 is 7.26 Å². The van der Waals surface area contributed by atoms with Gasteiger partial charge in [-0.25, -0.2) is 0 Å². The highest BCUT2D eigenvalue weighted by atomic mass is 31.2. The Morgan fingerprint density at radius 3 is 1.35 bits per heavy atom. The van der Waals surface area contributed by atoms with Crippen LogP contribution in [0.1, 0.15) is 18.1 Å². The third-order valence-corrected chi connectivity index (χ3v) is 11.1. The molecule has 0 heterocycles. The molecule has 5 aromatic carbocycles. The Hall–Kier alpha value is -3.21. The van der Waals surface area contributed by atoms with Crippen LogP contribution in [-0.4, -0.2) is 0 Å². The van der Waals surface area contributed by atoms with Crippen LogP contribution in [0.5, 0.6) is 0 Å². The van der Waals surface area contributed by atoms with E-state index in [4.69, 9.17) is 0 Å². The number of rotatable bonds is 5. The second-order valence-corrected chi connectivity index (χ2v) is 11.8. The molecule has 0 N–H and O–H groups in total. The summed E-state index contributed by atoms with van der Waals surface area (Å²) in [5, 5.41) is 6.87. The maximum atomic E-state index is 2.42. The lowest BCUT2D eigenvalue weighted by atomic mass is 10.1. The summed E-state index contributed by atoms with van der Waals surface area (Å²) in [7, 11) is -1.94. The fourth-order valence-corrected chi connectivity index (χ4v) is 9.57. The van der Waals surface area contributed by atoms with Gasteiger partial charge in [0.1, 0.15) is 28.8 Å². The molecular weight excluding hydrogens is 391 g/mol. The molecule has 0 amide bonds. The zero-order valence-corrected chi connectivity index (χ0v) is 18.6. The van der Waals surface area contributed by atoms with Crippen LogP contribution in [0.2, 0.25) is 0 Å². The first kappa shape index (κ1) is 19.7.